The average Bonchev–Trinajstić information content (AvgIpc) is 2.11. The second-order valence-corrected chi connectivity index (χ2v) is 3.25. The lowest BCUT2D eigenvalue weighted by atomic mass is 10.0. The van der Waals surface area contributed by atoms with E-state index in [0.29, 0.717) is 5.92 Å². The first kappa shape index (κ1) is 8.60. The van der Waals surface area contributed by atoms with Gasteiger partial charge in [0.1, 0.15) is 4.99 Å². The minimum Gasteiger partial charge on any atom is -0.246 e. The van der Waals surface area contributed by atoms with Gasteiger partial charge in [0.15, 0.2) is 0 Å². The van der Waals surface area contributed by atoms with Gasteiger partial charge in [-0.15, -0.1) is 0 Å². The first-order valence-corrected chi connectivity index (χ1v) is 4.40. The predicted molar refractivity (Wildman–Crippen MR) is 53.2 cm³/mol. The summed E-state index contributed by atoms with van der Waals surface area (Å²) in [6, 6.07) is 0. The lowest BCUT2D eigenvalue weighted by Gasteiger charge is -2.07. The molecule has 60 valence electrons. The highest BCUT2D eigenvalue weighted by Gasteiger charge is 2.11. The van der Waals surface area contributed by atoms with Crippen LogP contribution in [-0.2, 0) is 0 Å². The van der Waals surface area contributed by atoms with Gasteiger partial charge in [0.25, 0.3) is 0 Å². The van der Waals surface area contributed by atoms with E-state index in [1.165, 1.54) is 0 Å². The summed E-state index contributed by atoms with van der Waals surface area (Å²) in [6.07, 6.45) is 6.35. The zero-order chi connectivity index (χ0) is 8.27. The molecule has 0 aromatic carbocycles. The topological polar surface area (TPSA) is 12.4 Å². The molecule has 0 fully saturated rings. The molecule has 0 aromatic heterocycles. The van der Waals surface area contributed by atoms with E-state index in [1.54, 1.807) is 0 Å². The summed E-state index contributed by atoms with van der Waals surface area (Å²) in [7, 11) is 0. The molecule has 1 aliphatic heterocycles. The lowest BCUT2D eigenvalue weighted by molar-refractivity contribution is 0.683. The first-order chi connectivity index (χ1) is 5.24. The maximum Gasteiger partial charge on any atom is 0.107 e. The second kappa shape index (κ2) is 3.77. The fourth-order valence-electron chi connectivity index (χ4n) is 1.15. The molecule has 0 saturated heterocycles. The quantitative estimate of drug-likeness (QED) is 0.547. The standard InChI is InChI=1S/C9H13NS/c1-3-8-6-4-5-7(2)10-9(8)11/h4-5,8H,3,6H2,1-2H3. The maximum atomic E-state index is 5.16. The Bertz CT molecular complexity index is 216. The molecule has 1 unspecified atom stereocenters. The molecule has 0 spiro atoms. The van der Waals surface area contributed by atoms with Gasteiger partial charge in [-0.25, -0.2) is 4.99 Å². The Morgan fingerprint density at radius 3 is 3.09 bits per heavy atom. The molecule has 0 bridgehead atoms. The van der Waals surface area contributed by atoms with Gasteiger partial charge in [0.2, 0.25) is 0 Å². The predicted octanol–water partition coefficient (Wildman–Crippen LogP) is 2.76. The number of aliphatic imine (C=N–C) groups is 1. The van der Waals surface area contributed by atoms with Crippen LogP contribution in [0.15, 0.2) is 17.1 Å². The van der Waals surface area contributed by atoms with Crippen LogP contribution >= 0.6 is 12.2 Å². The van der Waals surface area contributed by atoms with Crippen molar-refractivity contribution in [3.8, 4) is 0 Å². The van der Waals surface area contributed by atoms with Crippen molar-refractivity contribution in [2.75, 3.05) is 0 Å². The summed E-state index contributed by atoms with van der Waals surface area (Å²) in [6.45, 7) is 4.14. The maximum absolute atomic E-state index is 5.16. The van der Waals surface area contributed by atoms with Crippen molar-refractivity contribution >= 4 is 22.9 Å². The fourth-order valence-corrected chi connectivity index (χ4v) is 1.55. The third-order valence-electron chi connectivity index (χ3n) is 1.91. The van der Waals surface area contributed by atoms with Gasteiger partial charge in [-0.2, -0.15) is 0 Å². The Labute approximate surface area is 73.2 Å². The third kappa shape index (κ3) is 2.22. The van der Waals surface area contributed by atoms with Crippen LogP contribution < -0.4 is 0 Å². The third-order valence-corrected chi connectivity index (χ3v) is 2.33. The molecule has 0 saturated carbocycles. The molecule has 1 nitrogen and oxygen atoms in total. The van der Waals surface area contributed by atoms with E-state index in [9.17, 15) is 0 Å². The van der Waals surface area contributed by atoms with Crippen molar-refractivity contribution in [3.05, 3.63) is 12.2 Å². The molecule has 1 atom stereocenters. The molecular formula is C9H13NS. The van der Waals surface area contributed by atoms with Gasteiger partial charge in [-0.3, -0.25) is 0 Å². The summed E-state index contributed by atoms with van der Waals surface area (Å²) in [5, 5.41) is 0. The van der Waals surface area contributed by atoms with Crippen LogP contribution in [0.2, 0.25) is 0 Å². The summed E-state index contributed by atoms with van der Waals surface area (Å²) in [5.74, 6) is 0.485. The van der Waals surface area contributed by atoms with E-state index in [2.05, 4.69) is 18.0 Å². The number of hydrogen-bond acceptors (Lipinski definition) is 1. The van der Waals surface area contributed by atoms with Crippen molar-refractivity contribution in [1.82, 2.24) is 0 Å². The van der Waals surface area contributed by atoms with Crippen LogP contribution in [-0.4, -0.2) is 10.7 Å². The minimum atomic E-state index is 0.485. The van der Waals surface area contributed by atoms with Gasteiger partial charge in [-0.1, -0.05) is 25.2 Å². The number of hydrogen-bond donors (Lipinski definition) is 0. The van der Waals surface area contributed by atoms with Crippen molar-refractivity contribution in [2.45, 2.75) is 26.7 Å². The lowest BCUT2D eigenvalue weighted by Crippen LogP contribution is -2.07. The van der Waals surface area contributed by atoms with Gasteiger partial charge in [0, 0.05) is 11.6 Å². The van der Waals surface area contributed by atoms with E-state index in [4.69, 9.17) is 12.2 Å². The fraction of sp³-hybridized carbons (Fsp3) is 0.556. The molecule has 11 heavy (non-hydrogen) atoms. The van der Waals surface area contributed by atoms with Gasteiger partial charge in [0.05, 0.1) is 0 Å². The second-order valence-electron chi connectivity index (χ2n) is 2.83. The zero-order valence-electron chi connectivity index (χ0n) is 7.00. The Hall–Kier alpha value is -0.500. The molecule has 1 heterocycles. The Morgan fingerprint density at radius 1 is 1.73 bits per heavy atom. The summed E-state index contributed by atoms with van der Waals surface area (Å²) in [4.78, 5) is 5.16. The summed E-state index contributed by atoms with van der Waals surface area (Å²) < 4.78 is 0. The molecule has 0 radical (unpaired) electrons. The molecule has 0 aromatic rings. The van der Waals surface area contributed by atoms with Gasteiger partial charge >= 0.3 is 0 Å². The molecular weight excluding hydrogens is 154 g/mol. The van der Waals surface area contributed by atoms with E-state index >= 15 is 0 Å². The normalized spacial score (nSPS) is 24.7. The van der Waals surface area contributed by atoms with Crippen molar-refractivity contribution < 1.29 is 0 Å². The smallest absolute Gasteiger partial charge is 0.107 e. The molecule has 0 amide bonds. The first-order valence-electron chi connectivity index (χ1n) is 3.99. The van der Waals surface area contributed by atoms with Crippen LogP contribution in [0.5, 0.6) is 0 Å². The number of thiocarbonyl (C=S) groups is 1. The highest BCUT2D eigenvalue weighted by atomic mass is 32.1. The van der Waals surface area contributed by atoms with Crippen molar-refractivity contribution in [2.24, 2.45) is 10.9 Å². The molecule has 0 N–H and O–H groups in total. The van der Waals surface area contributed by atoms with Crippen LogP contribution in [0.3, 0.4) is 0 Å². The zero-order valence-corrected chi connectivity index (χ0v) is 7.82. The Balaban J connectivity index is 2.77. The summed E-state index contributed by atoms with van der Waals surface area (Å²) in [5.41, 5.74) is 1.03. The van der Waals surface area contributed by atoms with Gasteiger partial charge < -0.3 is 0 Å². The SMILES string of the molecule is CCC1CC=CC(C)=NC1=S. The van der Waals surface area contributed by atoms with E-state index in [1.807, 2.05) is 13.0 Å². The molecule has 2 heteroatoms. The Kier molecular flexibility index (Phi) is 2.94. The van der Waals surface area contributed by atoms with E-state index in [0.717, 1.165) is 23.5 Å². The number of nitrogens with zero attached hydrogens (tertiary/aromatic N) is 1. The van der Waals surface area contributed by atoms with Crippen LogP contribution in [0.25, 0.3) is 0 Å². The monoisotopic (exact) mass is 167 g/mol. The van der Waals surface area contributed by atoms with E-state index < -0.39 is 0 Å². The van der Waals surface area contributed by atoms with Crippen molar-refractivity contribution in [1.29, 1.82) is 0 Å². The highest BCUT2D eigenvalue weighted by molar-refractivity contribution is 7.80. The van der Waals surface area contributed by atoms with Crippen molar-refractivity contribution in [3.63, 3.8) is 0 Å². The average molecular weight is 167 g/mol. The minimum absolute atomic E-state index is 0.485. The number of allylic oxidation sites excluding steroid dienone is 2. The molecule has 1 rings (SSSR count). The van der Waals surface area contributed by atoms with Crippen LogP contribution in [0.1, 0.15) is 26.7 Å². The largest absolute Gasteiger partial charge is 0.246 e. The van der Waals surface area contributed by atoms with Crippen LogP contribution in [0.4, 0.5) is 0 Å². The highest BCUT2D eigenvalue weighted by Crippen LogP contribution is 2.15. The van der Waals surface area contributed by atoms with Crippen LogP contribution in [0, 0.1) is 5.92 Å². The van der Waals surface area contributed by atoms with E-state index in [-0.39, 0.29) is 0 Å². The molecule has 0 aliphatic carbocycles. The van der Waals surface area contributed by atoms with Gasteiger partial charge in [-0.05, 0) is 25.8 Å². The molecule has 1 aliphatic rings. The summed E-state index contributed by atoms with van der Waals surface area (Å²) >= 11 is 5.16. The number of rotatable bonds is 1. The Morgan fingerprint density at radius 2 is 2.45 bits per heavy atom.